The SMILES string of the molecule is CC(=O)Nc1nc2c(s1)C[C@@H](N=C=O)CC2. The molecule has 16 heavy (non-hydrogen) atoms. The number of nitrogens with one attached hydrogen (secondary N) is 1. The van der Waals surface area contributed by atoms with Gasteiger partial charge in [-0.05, 0) is 12.8 Å². The van der Waals surface area contributed by atoms with E-state index in [4.69, 9.17) is 0 Å². The van der Waals surface area contributed by atoms with Crippen LogP contribution >= 0.6 is 11.3 Å². The van der Waals surface area contributed by atoms with Gasteiger partial charge in [-0.25, -0.2) is 14.8 Å². The van der Waals surface area contributed by atoms with Gasteiger partial charge in [0.2, 0.25) is 12.0 Å². The van der Waals surface area contributed by atoms with Gasteiger partial charge in [-0.3, -0.25) is 4.79 Å². The number of aromatic nitrogens is 1. The van der Waals surface area contributed by atoms with E-state index in [1.54, 1.807) is 6.08 Å². The maximum atomic E-state index is 10.9. The summed E-state index contributed by atoms with van der Waals surface area (Å²) in [6.07, 6.45) is 3.95. The molecule has 84 valence electrons. The van der Waals surface area contributed by atoms with Gasteiger partial charge < -0.3 is 5.32 Å². The molecule has 1 N–H and O–H groups in total. The molecule has 0 saturated carbocycles. The highest BCUT2D eigenvalue weighted by Crippen LogP contribution is 2.30. The molecule has 5 nitrogen and oxygen atoms in total. The van der Waals surface area contributed by atoms with Gasteiger partial charge in [0, 0.05) is 18.2 Å². The van der Waals surface area contributed by atoms with Gasteiger partial charge in [0.15, 0.2) is 5.13 Å². The maximum Gasteiger partial charge on any atom is 0.235 e. The Bertz CT molecular complexity index is 463. The molecule has 0 radical (unpaired) electrons. The number of carbonyl (C=O) groups excluding carboxylic acids is 2. The Morgan fingerprint density at radius 3 is 3.19 bits per heavy atom. The van der Waals surface area contributed by atoms with Crippen LogP contribution in [0.15, 0.2) is 4.99 Å². The zero-order chi connectivity index (χ0) is 11.5. The lowest BCUT2D eigenvalue weighted by atomic mass is 9.98. The maximum absolute atomic E-state index is 10.9. The van der Waals surface area contributed by atoms with Crippen molar-refractivity contribution in [3.8, 4) is 0 Å². The molecule has 6 heteroatoms. The summed E-state index contributed by atoms with van der Waals surface area (Å²) in [4.78, 5) is 30.2. The standard InChI is InChI=1S/C10H11N3O2S/c1-6(15)12-10-13-8-3-2-7(11-5-14)4-9(8)16-10/h7H,2-4H2,1H3,(H,12,13,15)/t7-/m0/s1. The number of hydrogen-bond donors (Lipinski definition) is 1. The second-order valence-electron chi connectivity index (χ2n) is 3.69. The van der Waals surface area contributed by atoms with Crippen molar-refractivity contribution in [2.45, 2.75) is 32.2 Å². The fourth-order valence-electron chi connectivity index (χ4n) is 1.75. The number of hydrogen-bond acceptors (Lipinski definition) is 5. The highest BCUT2D eigenvalue weighted by Gasteiger charge is 2.22. The molecule has 0 unspecified atom stereocenters. The number of nitrogens with zero attached hydrogens (tertiary/aromatic N) is 2. The van der Waals surface area contributed by atoms with E-state index < -0.39 is 0 Å². The number of aryl methyl sites for hydroxylation is 1. The van der Waals surface area contributed by atoms with Crippen LogP contribution < -0.4 is 5.32 Å². The summed E-state index contributed by atoms with van der Waals surface area (Å²) in [6.45, 7) is 1.46. The predicted molar refractivity (Wildman–Crippen MR) is 60.4 cm³/mol. The second-order valence-corrected chi connectivity index (χ2v) is 4.77. The van der Waals surface area contributed by atoms with E-state index in [1.807, 2.05) is 0 Å². The molecule has 0 bridgehead atoms. The molecule has 1 aromatic heterocycles. The van der Waals surface area contributed by atoms with Gasteiger partial charge in [-0.2, -0.15) is 0 Å². The quantitative estimate of drug-likeness (QED) is 0.622. The first-order valence-electron chi connectivity index (χ1n) is 5.02. The fraction of sp³-hybridized carbons (Fsp3) is 0.500. The Morgan fingerprint density at radius 2 is 2.50 bits per heavy atom. The molecule has 0 fully saturated rings. The van der Waals surface area contributed by atoms with Gasteiger partial charge in [0.25, 0.3) is 0 Å². The number of rotatable bonds is 2. The van der Waals surface area contributed by atoms with Crippen molar-refractivity contribution in [2.75, 3.05) is 5.32 Å². The second kappa shape index (κ2) is 4.55. The molecular weight excluding hydrogens is 226 g/mol. The van der Waals surface area contributed by atoms with E-state index >= 15 is 0 Å². The Balaban J connectivity index is 2.16. The first-order chi connectivity index (χ1) is 7.69. The number of isocyanates is 1. The van der Waals surface area contributed by atoms with E-state index in [1.165, 1.54) is 18.3 Å². The summed E-state index contributed by atoms with van der Waals surface area (Å²) in [6, 6.07) is 0.0237. The number of carbonyl (C=O) groups is 1. The van der Waals surface area contributed by atoms with Crippen molar-refractivity contribution >= 4 is 28.5 Å². The lowest BCUT2D eigenvalue weighted by Crippen LogP contribution is -2.15. The molecule has 1 heterocycles. The first-order valence-corrected chi connectivity index (χ1v) is 5.84. The predicted octanol–water partition coefficient (Wildman–Crippen LogP) is 1.29. The molecule has 1 aliphatic carbocycles. The summed E-state index contributed by atoms with van der Waals surface area (Å²) in [7, 11) is 0. The lowest BCUT2D eigenvalue weighted by molar-refractivity contribution is -0.114. The van der Waals surface area contributed by atoms with E-state index in [2.05, 4.69) is 15.3 Å². The Hall–Kier alpha value is -1.52. The number of thiazole rings is 1. The number of amides is 1. The van der Waals surface area contributed by atoms with Gasteiger partial charge in [0.1, 0.15) is 0 Å². The third-order valence-corrected chi connectivity index (χ3v) is 3.47. The van der Waals surface area contributed by atoms with E-state index in [-0.39, 0.29) is 11.9 Å². The average molecular weight is 237 g/mol. The normalized spacial score (nSPS) is 18.4. The molecule has 2 rings (SSSR count). The van der Waals surface area contributed by atoms with Crippen molar-refractivity contribution in [3.63, 3.8) is 0 Å². The minimum Gasteiger partial charge on any atom is -0.302 e. The van der Waals surface area contributed by atoms with Crippen molar-refractivity contribution in [3.05, 3.63) is 10.6 Å². The Labute approximate surface area is 96.6 Å². The fourth-order valence-corrected chi connectivity index (χ4v) is 2.87. The van der Waals surface area contributed by atoms with E-state index in [9.17, 15) is 9.59 Å². The largest absolute Gasteiger partial charge is 0.302 e. The van der Waals surface area contributed by atoms with Crippen LogP contribution in [0.5, 0.6) is 0 Å². The van der Waals surface area contributed by atoms with Gasteiger partial charge in [-0.1, -0.05) is 0 Å². The Kier molecular flexibility index (Phi) is 3.12. The van der Waals surface area contributed by atoms with Crippen molar-refractivity contribution in [1.82, 2.24) is 4.98 Å². The molecule has 0 spiro atoms. The van der Waals surface area contributed by atoms with Crippen molar-refractivity contribution < 1.29 is 9.59 Å². The van der Waals surface area contributed by atoms with Crippen LogP contribution in [0.4, 0.5) is 5.13 Å². The zero-order valence-corrected chi connectivity index (χ0v) is 9.63. The molecule has 1 aliphatic rings. The van der Waals surface area contributed by atoms with Gasteiger partial charge in [0.05, 0.1) is 11.7 Å². The van der Waals surface area contributed by atoms with Crippen molar-refractivity contribution in [2.24, 2.45) is 4.99 Å². The first kappa shape index (κ1) is 11.0. The summed E-state index contributed by atoms with van der Waals surface area (Å²) >= 11 is 1.46. The van der Waals surface area contributed by atoms with E-state index in [0.29, 0.717) is 5.13 Å². The van der Waals surface area contributed by atoms with Crippen LogP contribution in [0, 0.1) is 0 Å². The van der Waals surface area contributed by atoms with Crippen LogP contribution in [0.3, 0.4) is 0 Å². The average Bonchev–Trinajstić information content (AvgIpc) is 2.58. The van der Waals surface area contributed by atoms with E-state index in [0.717, 1.165) is 29.8 Å². The van der Waals surface area contributed by atoms with Crippen molar-refractivity contribution in [1.29, 1.82) is 0 Å². The lowest BCUT2D eigenvalue weighted by Gasteiger charge is -2.14. The zero-order valence-electron chi connectivity index (χ0n) is 8.82. The number of aliphatic imine (C=N–C) groups is 1. The Morgan fingerprint density at radius 1 is 1.69 bits per heavy atom. The highest BCUT2D eigenvalue weighted by atomic mass is 32.1. The minimum absolute atomic E-state index is 0.0237. The van der Waals surface area contributed by atoms with Gasteiger partial charge >= 0.3 is 0 Å². The molecule has 0 aliphatic heterocycles. The molecule has 0 saturated heterocycles. The molecule has 1 aromatic rings. The highest BCUT2D eigenvalue weighted by molar-refractivity contribution is 7.15. The van der Waals surface area contributed by atoms with Gasteiger partial charge in [-0.15, -0.1) is 11.3 Å². The summed E-state index contributed by atoms with van der Waals surface area (Å²) in [5.74, 6) is -0.117. The third kappa shape index (κ3) is 2.35. The van der Waals surface area contributed by atoms with Crippen LogP contribution in [0.2, 0.25) is 0 Å². The van der Waals surface area contributed by atoms with Crippen LogP contribution in [0.25, 0.3) is 0 Å². The monoisotopic (exact) mass is 237 g/mol. The smallest absolute Gasteiger partial charge is 0.235 e. The number of fused-ring (bicyclic) bond motifs is 1. The summed E-state index contributed by atoms with van der Waals surface area (Å²) < 4.78 is 0. The third-order valence-electron chi connectivity index (χ3n) is 2.43. The summed E-state index contributed by atoms with van der Waals surface area (Å²) in [5, 5.41) is 3.30. The molecule has 1 amide bonds. The minimum atomic E-state index is -0.117. The molecular formula is C10H11N3O2S. The topological polar surface area (TPSA) is 71.4 Å². The van der Waals surface area contributed by atoms with Crippen LogP contribution in [-0.4, -0.2) is 23.0 Å². The molecule has 1 atom stereocenters. The van der Waals surface area contributed by atoms with Crippen LogP contribution in [-0.2, 0) is 22.4 Å². The van der Waals surface area contributed by atoms with Crippen LogP contribution in [0.1, 0.15) is 23.9 Å². The number of anilines is 1. The molecule has 0 aromatic carbocycles. The summed E-state index contributed by atoms with van der Waals surface area (Å²) in [5.41, 5.74) is 1.02.